The summed E-state index contributed by atoms with van der Waals surface area (Å²) in [5, 5.41) is 5.28. The van der Waals surface area contributed by atoms with Crippen LogP contribution in [0.15, 0.2) is 0 Å². The summed E-state index contributed by atoms with van der Waals surface area (Å²) >= 11 is 0. The standard InChI is InChI=1S/C13H26N4O/c1-16-7-9-17(10-8-16)14-11-13(18)15-12-5-3-2-4-6-12/h12,14H,2-11H2,1H3,(H,15,18). The van der Waals surface area contributed by atoms with E-state index in [0.29, 0.717) is 12.6 Å². The van der Waals surface area contributed by atoms with Crippen LogP contribution in [-0.2, 0) is 4.79 Å². The maximum absolute atomic E-state index is 11.8. The minimum Gasteiger partial charge on any atom is -0.352 e. The maximum atomic E-state index is 11.8. The molecule has 0 radical (unpaired) electrons. The second-order valence-electron chi connectivity index (χ2n) is 5.53. The predicted molar refractivity (Wildman–Crippen MR) is 72.1 cm³/mol. The maximum Gasteiger partial charge on any atom is 0.235 e. The van der Waals surface area contributed by atoms with Crippen molar-refractivity contribution in [3.63, 3.8) is 0 Å². The first-order chi connectivity index (χ1) is 8.74. The summed E-state index contributed by atoms with van der Waals surface area (Å²) in [4.78, 5) is 14.1. The molecule has 1 saturated heterocycles. The number of hydrogen-bond donors (Lipinski definition) is 2. The normalized spacial score (nSPS) is 24.1. The first-order valence-electron chi connectivity index (χ1n) is 7.20. The van der Waals surface area contributed by atoms with Crippen molar-refractivity contribution >= 4 is 5.91 Å². The van der Waals surface area contributed by atoms with Crippen LogP contribution in [0.2, 0.25) is 0 Å². The van der Waals surface area contributed by atoms with Gasteiger partial charge in [0.15, 0.2) is 0 Å². The molecule has 1 amide bonds. The number of hydrazine groups is 1. The van der Waals surface area contributed by atoms with Gasteiger partial charge in [-0.3, -0.25) is 4.79 Å². The van der Waals surface area contributed by atoms with E-state index in [9.17, 15) is 4.79 Å². The molecule has 2 rings (SSSR count). The lowest BCUT2D eigenvalue weighted by Crippen LogP contribution is -2.53. The largest absolute Gasteiger partial charge is 0.352 e. The highest BCUT2D eigenvalue weighted by Crippen LogP contribution is 2.17. The Morgan fingerprint density at radius 3 is 2.44 bits per heavy atom. The fourth-order valence-electron chi connectivity index (χ4n) is 2.67. The second kappa shape index (κ2) is 7.07. The number of nitrogens with zero attached hydrogens (tertiary/aromatic N) is 2. The van der Waals surface area contributed by atoms with Gasteiger partial charge in [-0.15, -0.1) is 0 Å². The predicted octanol–water partition coefficient (Wildman–Crippen LogP) is 0.187. The summed E-state index contributed by atoms with van der Waals surface area (Å²) in [5.74, 6) is 0.140. The molecule has 2 fully saturated rings. The highest BCUT2D eigenvalue weighted by Gasteiger charge is 2.17. The van der Waals surface area contributed by atoms with Crippen LogP contribution in [0, 0.1) is 0 Å². The van der Waals surface area contributed by atoms with E-state index >= 15 is 0 Å². The first kappa shape index (κ1) is 13.8. The van der Waals surface area contributed by atoms with Crippen molar-refractivity contribution in [1.29, 1.82) is 0 Å². The van der Waals surface area contributed by atoms with Crippen LogP contribution in [0.1, 0.15) is 32.1 Å². The third-order valence-electron chi connectivity index (χ3n) is 3.94. The van der Waals surface area contributed by atoms with E-state index < -0.39 is 0 Å². The van der Waals surface area contributed by atoms with Crippen molar-refractivity contribution < 1.29 is 4.79 Å². The lowest BCUT2D eigenvalue weighted by molar-refractivity contribution is -0.122. The zero-order valence-electron chi connectivity index (χ0n) is 11.5. The van der Waals surface area contributed by atoms with Crippen LogP contribution < -0.4 is 10.7 Å². The van der Waals surface area contributed by atoms with E-state index in [1.165, 1.54) is 19.3 Å². The van der Waals surface area contributed by atoms with Crippen molar-refractivity contribution in [1.82, 2.24) is 20.7 Å². The number of hydrogen-bond acceptors (Lipinski definition) is 4. The topological polar surface area (TPSA) is 47.6 Å². The molecule has 18 heavy (non-hydrogen) atoms. The summed E-state index contributed by atoms with van der Waals surface area (Å²) in [5.41, 5.74) is 3.23. The van der Waals surface area contributed by atoms with Gasteiger partial charge in [0.2, 0.25) is 5.91 Å². The molecular formula is C13H26N4O. The third-order valence-corrected chi connectivity index (χ3v) is 3.94. The van der Waals surface area contributed by atoms with Gasteiger partial charge in [0.05, 0.1) is 6.54 Å². The average Bonchev–Trinajstić information content (AvgIpc) is 2.39. The molecule has 104 valence electrons. The number of carbonyl (C=O) groups excluding carboxylic acids is 1. The Bertz CT molecular complexity index is 258. The van der Waals surface area contributed by atoms with Gasteiger partial charge in [-0.25, -0.2) is 10.4 Å². The molecule has 1 aliphatic heterocycles. The number of amides is 1. The Labute approximate surface area is 110 Å². The van der Waals surface area contributed by atoms with Crippen molar-refractivity contribution in [3.8, 4) is 0 Å². The summed E-state index contributed by atoms with van der Waals surface area (Å²) < 4.78 is 0. The Hall–Kier alpha value is -0.650. The van der Waals surface area contributed by atoms with Gasteiger partial charge in [-0.2, -0.15) is 0 Å². The first-order valence-corrected chi connectivity index (χ1v) is 7.20. The second-order valence-corrected chi connectivity index (χ2v) is 5.53. The van der Waals surface area contributed by atoms with Gasteiger partial charge in [0.25, 0.3) is 0 Å². The highest BCUT2D eigenvalue weighted by atomic mass is 16.2. The molecule has 0 aromatic rings. The van der Waals surface area contributed by atoms with E-state index in [4.69, 9.17) is 0 Å². The van der Waals surface area contributed by atoms with Gasteiger partial charge in [-0.05, 0) is 19.9 Å². The van der Waals surface area contributed by atoms with E-state index in [2.05, 4.69) is 27.7 Å². The zero-order chi connectivity index (χ0) is 12.8. The van der Waals surface area contributed by atoms with Gasteiger partial charge >= 0.3 is 0 Å². The molecule has 0 aromatic heterocycles. The Morgan fingerprint density at radius 1 is 1.11 bits per heavy atom. The monoisotopic (exact) mass is 254 g/mol. The van der Waals surface area contributed by atoms with Crippen LogP contribution >= 0.6 is 0 Å². The average molecular weight is 254 g/mol. The van der Waals surface area contributed by atoms with Crippen LogP contribution in [0.25, 0.3) is 0 Å². The highest BCUT2D eigenvalue weighted by molar-refractivity contribution is 5.78. The summed E-state index contributed by atoms with van der Waals surface area (Å²) in [6.07, 6.45) is 6.15. The van der Waals surface area contributed by atoms with Crippen LogP contribution in [0.4, 0.5) is 0 Å². The lowest BCUT2D eigenvalue weighted by atomic mass is 9.95. The van der Waals surface area contributed by atoms with Crippen molar-refractivity contribution in [2.45, 2.75) is 38.1 Å². The van der Waals surface area contributed by atoms with Crippen LogP contribution in [0.3, 0.4) is 0 Å². The van der Waals surface area contributed by atoms with E-state index in [0.717, 1.165) is 39.0 Å². The van der Waals surface area contributed by atoms with E-state index in [1.54, 1.807) is 0 Å². The molecule has 0 aromatic carbocycles. The molecule has 0 bridgehead atoms. The number of nitrogens with one attached hydrogen (secondary N) is 2. The van der Waals surface area contributed by atoms with Crippen LogP contribution in [0.5, 0.6) is 0 Å². The Kier molecular flexibility index (Phi) is 5.41. The molecule has 0 unspecified atom stereocenters. The lowest BCUT2D eigenvalue weighted by Gasteiger charge is -2.32. The number of likely N-dealkylation sites (N-methyl/N-ethyl adjacent to an activating group) is 1. The van der Waals surface area contributed by atoms with Crippen LogP contribution in [-0.4, -0.2) is 61.6 Å². The van der Waals surface area contributed by atoms with Crippen molar-refractivity contribution in [3.05, 3.63) is 0 Å². The van der Waals surface area contributed by atoms with Gasteiger partial charge in [0, 0.05) is 32.2 Å². The fourth-order valence-corrected chi connectivity index (χ4v) is 2.67. The van der Waals surface area contributed by atoms with E-state index in [1.807, 2.05) is 0 Å². The molecule has 0 atom stereocenters. The smallest absolute Gasteiger partial charge is 0.235 e. The van der Waals surface area contributed by atoms with Crippen molar-refractivity contribution in [2.24, 2.45) is 0 Å². The minimum atomic E-state index is 0.140. The number of rotatable bonds is 4. The van der Waals surface area contributed by atoms with E-state index in [-0.39, 0.29) is 5.91 Å². The number of carbonyl (C=O) groups is 1. The molecule has 0 spiro atoms. The van der Waals surface area contributed by atoms with Crippen molar-refractivity contribution in [2.75, 3.05) is 39.8 Å². The minimum absolute atomic E-state index is 0.140. The zero-order valence-corrected chi connectivity index (χ0v) is 11.5. The Balaban J connectivity index is 1.59. The fraction of sp³-hybridized carbons (Fsp3) is 0.923. The molecule has 1 heterocycles. The third kappa shape index (κ3) is 4.55. The SMILES string of the molecule is CN1CCN(NCC(=O)NC2CCCCC2)CC1. The molecule has 2 N–H and O–H groups in total. The number of piperazine rings is 1. The summed E-state index contributed by atoms with van der Waals surface area (Å²) in [6, 6.07) is 0.417. The molecule has 2 aliphatic rings. The molecule has 5 nitrogen and oxygen atoms in total. The van der Waals surface area contributed by atoms with Gasteiger partial charge in [-0.1, -0.05) is 19.3 Å². The van der Waals surface area contributed by atoms with Gasteiger partial charge < -0.3 is 10.2 Å². The Morgan fingerprint density at radius 2 is 1.78 bits per heavy atom. The summed E-state index contributed by atoms with van der Waals surface area (Å²) in [6.45, 7) is 4.54. The molecule has 1 aliphatic carbocycles. The quantitative estimate of drug-likeness (QED) is 0.752. The summed E-state index contributed by atoms with van der Waals surface area (Å²) in [7, 11) is 2.13. The molecular weight excluding hydrogens is 228 g/mol. The molecule has 1 saturated carbocycles. The van der Waals surface area contributed by atoms with Gasteiger partial charge in [0.1, 0.15) is 0 Å². The molecule has 5 heteroatoms.